The van der Waals surface area contributed by atoms with Crippen molar-refractivity contribution in [2.75, 3.05) is 11.7 Å². The average molecular weight is 492 g/mol. The van der Waals surface area contributed by atoms with Gasteiger partial charge in [-0.1, -0.05) is 42.1 Å². The number of nitrogens with zero attached hydrogens (tertiary/aromatic N) is 4. The van der Waals surface area contributed by atoms with Crippen LogP contribution in [0.25, 0.3) is 27.0 Å². The first-order valence-corrected chi connectivity index (χ1v) is 12.3. The molecule has 0 atom stereocenters. The Labute approximate surface area is 201 Å². The summed E-state index contributed by atoms with van der Waals surface area (Å²) in [4.78, 5) is 36.9. The number of fused-ring (bicyclic) bond motifs is 1. The van der Waals surface area contributed by atoms with Crippen molar-refractivity contribution in [2.24, 2.45) is 0 Å². The van der Waals surface area contributed by atoms with Crippen molar-refractivity contribution in [2.45, 2.75) is 12.1 Å². The summed E-state index contributed by atoms with van der Waals surface area (Å²) >= 11 is 2.78. The Balaban J connectivity index is 1.57. The third kappa shape index (κ3) is 3.80. The number of rotatable bonds is 5. The molecule has 3 aromatic heterocycles. The van der Waals surface area contributed by atoms with Crippen LogP contribution in [-0.2, 0) is 0 Å². The van der Waals surface area contributed by atoms with Crippen LogP contribution in [0.3, 0.4) is 0 Å². The second kappa shape index (κ2) is 8.88. The number of nitrogens with one attached hydrogen (secondary N) is 1. The van der Waals surface area contributed by atoms with Gasteiger partial charge in [0.05, 0.1) is 11.6 Å². The van der Waals surface area contributed by atoms with Crippen molar-refractivity contribution in [1.82, 2.24) is 19.2 Å². The van der Waals surface area contributed by atoms with E-state index in [-0.39, 0.29) is 17.1 Å². The summed E-state index contributed by atoms with van der Waals surface area (Å²) in [6.45, 7) is 1.95. The number of carbonyl (C=O) groups excluding carboxylic acids is 1. The van der Waals surface area contributed by atoms with Gasteiger partial charge < -0.3 is 0 Å². The lowest BCUT2D eigenvalue weighted by Gasteiger charge is -2.12. The standard InChI is InChI=1S/C24H18FN5O2S2/c1-14-19(15-6-4-3-5-7-15)20-22(34-14)27-13-29(23(20)32)28-21(31)18-12-26-24(33-2)30(18)17-10-8-16(25)9-11-17/h3-13H,1-2H3,(H,28,31). The van der Waals surface area contributed by atoms with Crippen molar-refractivity contribution in [3.8, 4) is 16.8 Å². The Bertz CT molecular complexity index is 1570. The lowest BCUT2D eigenvalue weighted by atomic mass is 10.0. The molecule has 0 aliphatic carbocycles. The highest BCUT2D eigenvalue weighted by molar-refractivity contribution is 7.98. The molecule has 0 aliphatic rings. The minimum atomic E-state index is -0.548. The quantitative estimate of drug-likeness (QED) is 0.355. The number of carbonyl (C=O) groups is 1. The molecule has 10 heteroatoms. The Morgan fingerprint density at radius 2 is 1.82 bits per heavy atom. The predicted octanol–water partition coefficient (Wildman–Crippen LogP) is 4.86. The van der Waals surface area contributed by atoms with Gasteiger partial charge in [0, 0.05) is 16.1 Å². The van der Waals surface area contributed by atoms with Gasteiger partial charge in [-0.2, -0.15) is 0 Å². The Morgan fingerprint density at radius 1 is 1.09 bits per heavy atom. The summed E-state index contributed by atoms with van der Waals surface area (Å²) in [6.07, 6.45) is 4.56. The van der Waals surface area contributed by atoms with Crippen LogP contribution in [0.1, 0.15) is 15.4 Å². The summed E-state index contributed by atoms with van der Waals surface area (Å²) in [5.41, 5.74) is 4.75. The fourth-order valence-corrected chi connectivity index (χ4v) is 5.33. The molecule has 1 amide bonds. The topological polar surface area (TPSA) is 81.8 Å². The van der Waals surface area contributed by atoms with Gasteiger partial charge in [-0.05, 0) is 43.0 Å². The molecule has 0 spiro atoms. The number of benzene rings is 2. The molecular formula is C24H18FN5O2S2. The third-order valence-electron chi connectivity index (χ3n) is 5.30. The maximum absolute atomic E-state index is 13.4. The Morgan fingerprint density at radius 3 is 2.53 bits per heavy atom. The Hall–Kier alpha value is -3.76. The molecule has 2 aromatic carbocycles. The third-order valence-corrected chi connectivity index (χ3v) is 6.97. The van der Waals surface area contributed by atoms with E-state index in [4.69, 9.17) is 0 Å². The van der Waals surface area contributed by atoms with E-state index in [2.05, 4.69) is 15.4 Å². The van der Waals surface area contributed by atoms with Gasteiger partial charge in [-0.15, -0.1) is 11.3 Å². The highest BCUT2D eigenvalue weighted by Gasteiger charge is 2.21. The van der Waals surface area contributed by atoms with E-state index in [0.29, 0.717) is 21.1 Å². The van der Waals surface area contributed by atoms with Gasteiger partial charge in [-0.3, -0.25) is 19.6 Å². The first kappa shape index (κ1) is 22.1. The summed E-state index contributed by atoms with van der Waals surface area (Å²) in [5.74, 6) is -0.930. The summed E-state index contributed by atoms with van der Waals surface area (Å²) in [5, 5.41) is 1.01. The molecule has 170 valence electrons. The van der Waals surface area contributed by atoms with Crippen molar-refractivity contribution < 1.29 is 9.18 Å². The van der Waals surface area contributed by atoms with Crippen LogP contribution < -0.4 is 11.0 Å². The van der Waals surface area contributed by atoms with Gasteiger partial charge in [-0.25, -0.2) is 19.0 Å². The highest BCUT2D eigenvalue weighted by atomic mass is 32.2. The molecule has 0 radical (unpaired) electrons. The zero-order valence-corrected chi connectivity index (χ0v) is 19.8. The summed E-state index contributed by atoms with van der Waals surface area (Å²) in [6, 6.07) is 15.4. The van der Waals surface area contributed by atoms with E-state index in [1.807, 2.05) is 43.5 Å². The number of aryl methyl sites for hydroxylation is 1. The smallest absolute Gasteiger partial charge is 0.283 e. The average Bonchev–Trinajstić information content (AvgIpc) is 3.43. The fraction of sp³-hybridized carbons (Fsp3) is 0.0833. The van der Waals surface area contributed by atoms with Crippen LogP contribution in [0, 0.1) is 12.7 Å². The van der Waals surface area contributed by atoms with Gasteiger partial charge in [0.1, 0.15) is 22.7 Å². The summed E-state index contributed by atoms with van der Waals surface area (Å²) < 4.78 is 16.1. The maximum atomic E-state index is 13.4. The predicted molar refractivity (Wildman–Crippen MR) is 133 cm³/mol. The number of aromatic nitrogens is 4. The van der Waals surface area contributed by atoms with Gasteiger partial charge in [0.25, 0.3) is 11.5 Å². The summed E-state index contributed by atoms with van der Waals surface area (Å²) in [7, 11) is 0. The van der Waals surface area contributed by atoms with E-state index in [1.165, 1.54) is 47.8 Å². The molecule has 1 N–H and O–H groups in total. The number of thioether (sulfide) groups is 1. The van der Waals surface area contributed by atoms with E-state index in [9.17, 15) is 14.0 Å². The van der Waals surface area contributed by atoms with Crippen LogP contribution in [0.2, 0.25) is 0 Å². The van der Waals surface area contributed by atoms with Crippen molar-refractivity contribution >= 4 is 39.2 Å². The first-order valence-electron chi connectivity index (χ1n) is 10.2. The minimum absolute atomic E-state index is 0.202. The maximum Gasteiger partial charge on any atom is 0.288 e. The molecule has 0 aliphatic heterocycles. The molecular weight excluding hydrogens is 473 g/mol. The monoisotopic (exact) mass is 491 g/mol. The van der Waals surface area contributed by atoms with Crippen LogP contribution in [-0.4, -0.2) is 31.4 Å². The van der Waals surface area contributed by atoms with Gasteiger partial charge in [0.2, 0.25) is 0 Å². The van der Waals surface area contributed by atoms with Crippen LogP contribution in [0.5, 0.6) is 0 Å². The SMILES string of the molecule is CSc1ncc(C(=O)Nn2cnc3sc(C)c(-c4ccccc4)c3c2=O)n1-c1ccc(F)cc1. The lowest BCUT2D eigenvalue weighted by molar-refractivity contribution is 0.1000. The number of hydrogen-bond acceptors (Lipinski definition) is 6. The van der Waals surface area contributed by atoms with Gasteiger partial charge >= 0.3 is 0 Å². The molecule has 34 heavy (non-hydrogen) atoms. The number of thiophene rings is 1. The van der Waals surface area contributed by atoms with Crippen molar-refractivity contribution in [3.05, 3.63) is 93.9 Å². The minimum Gasteiger partial charge on any atom is -0.283 e. The van der Waals surface area contributed by atoms with Crippen molar-refractivity contribution in [3.63, 3.8) is 0 Å². The van der Waals surface area contributed by atoms with E-state index >= 15 is 0 Å². The van der Waals surface area contributed by atoms with Crippen LogP contribution in [0.15, 0.2) is 77.1 Å². The zero-order chi connectivity index (χ0) is 23.8. The molecule has 5 aromatic rings. The first-order chi connectivity index (χ1) is 16.5. The molecule has 0 saturated carbocycles. The number of halogens is 1. The van der Waals surface area contributed by atoms with Crippen molar-refractivity contribution in [1.29, 1.82) is 0 Å². The lowest BCUT2D eigenvalue weighted by Crippen LogP contribution is -2.34. The number of amides is 1. The van der Waals surface area contributed by atoms with E-state index in [1.54, 1.807) is 16.7 Å². The molecule has 5 rings (SSSR count). The van der Waals surface area contributed by atoms with Crippen LogP contribution >= 0.6 is 23.1 Å². The Kier molecular flexibility index (Phi) is 5.76. The molecule has 0 bridgehead atoms. The second-order valence-corrected chi connectivity index (χ2v) is 9.36. The van der Waals surface area contributed by atoms with Gasteiger partial charge in [0.15, 0.2) is 5.16 Å². The number of hydrogen-bond donors (Lipinski definition) is 1. The normalized spacial score (nSPS) is 11.1. The zero-order valence-electron chi connectivity index (χ0n) is 18.2. The second-order valence-electron chi connectivity index (χ2n) is 7.38. The van der Waals surface area contributed by atoms with E-state index in [0.717, 1.165) is 20.7 Å². The molecule has 3 heterocycles. The highest BCUT2D eigenvalue weighted by Crippen LogP contribution is 2.35. The fourth-order valence-electron chi connectivity index (χ4n) is 3.78. The molecule has 0 fully saturated rings. The van der Waals surface area contributed by atoms with E-state index < -0.39 is 5.91 Å². The van der Waals surface area contributed by atoms with Crippen LogP contribution in [0.4, 0.5) is 4.39 Å². The molecule has 0 unspecified atom stereocenters. The largest absolute Gasteiger partial charge is 0.288 e. The molecule has 7 nitrogen and oxygen atoms in total. The number of imidazole rings is 1. The molecule has 0 saturated heterocycles.